The lowest BCUT2D eigenvalue weighted by Crippen LogP contribution is -2.34. The van der Waals surface area contributed by atoms with Gasteiger partial charge in [0.05, 0.1) is 5.56 Å². The van der Waals surface area contributed by atoms with Crippen molar-refractivity contribution in [3.63, 3.8) is 0 Å². The zero-order chi connectivity index (χ0) is 14.8. The van der Waals surface area contributed by atoms with Gasteiger partial charge >= 0.3 is 0 Å². The third-order valence-electron chi connectivity index (χ3n) is 3.91. The number of rotatable bonds is 2. The van der Waals surface area contributed by atoms with Crippen LogP contribution in [0.5, 0.6) is 0 Å². The van der Waals surface area contributed by atoms with Crippen LogP contribution in [-0.4, -0.2) is 23.9 Å². The standard InChI is InChI=1S/C18H19NOS/c1-13-12-17(14(2)21-13)18(20)19-10-8-16(9-11-19)15-6-4-3-5-7-15/h3-8,12H,9-11H2,1-2H3. The topological polar surface area (TPSA) is 20.3 Å². The smallest absolute Gasteiger partial charge is 0.255 e. The second-order valence-corrected chi connectivity index (χ2v) is 6.88. The van der Waals surface area contributed by atoms with Crippen molar-refractivity contribution in [3.05, 3.63) is 63.4 Å². The molecule has 1 aromatic heterocycles. The molecule has 21 heavy (non-hydrogen) atoms. The van der Waals surface area contributed by atoms with Gasteiger partial charge in [-0.15, -0.1) is 11.3 Å². The van der Waals surface area contributed by atoms with Crippen LogP contribution >= 0.6 is 11.3 Å². The lowest BCUT2D eigenvalue weighted by Gasteiger charge is -2.26. The van der Waals surface area contributed by atoms with E-state index in [1.807, 2.05) is 24.0 Å². The fraction of sp³-hybridized carbons (Fsp3) is 0.278. The number of hydrogen-bond acceptors (Lipinski definition) is 2. The molecule has 0 bridgehead atoms. The van der Waals surface area contributed by atoms with Gasteiger partial charge in [-0.1, -0.05) is 36.4 Å². The molecule has 0 N–H and O–H groups in total. The van der Waals surface area contributed by atoms with E-state index in [9.17, 15) is 4.79 Å². The van der Waals surface area contributed by atoms with Gasteiger partial charge in [-0.2, -0.15) is 0 Å². The van der Waals surface area contributed by atoms with Crippen LogP contribution < -0.4 is 0 Å². The minimum atomic E-state index is 0.167. The molecule has 0 saturated carbocycles. The van der Waals surface area contributed by atoms with Crippen molar-refractivity contribution in [3.8, 4) is 0 Å². The summed E-state index contributed by atoms with van der Waals surface area (Å²) in [6.45, 7) is 5.59. The zero-order valence-electron chi connectivity index (χ0n) is 12.4. The Morgan fingerprint density at radius 2 is 1.95 bits per heavy atom. The van der Waals surface area contributed by atoms with Gasteiger partial charge in [-0.25, -0.2) is 0 Å². The van der Waals surface area contributed by atoms with Crippen molar-refractivity contribution in [2.45, 2.75) is 20.3 Å². The van der Waals surface area contributed by atoms with Crippen LogP contribution in [-0.2, 0) is 0 Å². The Labute approximate surface area is 129 Å². The molecule has 1 amide bonds. The normalized spacial score (nSPS) is 15.0. The highest BCUT2D eigenvalue weighted by atomic mass is 32.1. The van der Waals surface area contributed by atoms with E-state index in [4.69, 9.17) is 0 Å². The number of nitrogens with zero attached hydrogens (tertiary/aromatic N) is 1. The molecule has 0 saturated heterocycles. The van der Waals surface area contributed by atoms with E-state index in [1.165, 1.54) is 16.0 Å². The average Bonchev–Trinajstić information content (AvgIpc) is 2.86. The highest BCUT2D eigenvalue weighted by Crippen LogP contribution is 2.26. The van der Waals surface area contributed by atoms with Gasteiger partial charge in [-0.05, 0) is 37.5 Å². The number of benzene rings is 1. The Morgan fingerprint density at radius 3 is 2.52 bits per heavy atom. The largest absolute Gasteiger partial charge is 0.335 e. The van der Waals surface area contributed by atoms with Gasteiger partial charge in [-0.3, -0.25) is 4.79 Å². The quantitative estimate of drug-likeness (QED) is 0.809. The van der Waals surface area contributed by atoms with Crippen LogP contribution in [0.3, 0.4) is 0 Å². The molecule has 0 radical (unpaired) electrons. The number of carbonyl (C=O) groups is 1. The zero-order valence-corrected chi connectivity index (χ0v) is 13.2. The minimum Gasteiger partial charge on any atom is -0.335 e. The number of amides is 1. The van der Waals surface area contributed by atoms with Crippen molar-refractivity contribution in [2.24, 2.45) is 0 Å². The van der Waals surface area contributed by atoms with Gasteiger partial charge in [0, 0.05) is 22.8 Å². The maximum Gasteiger partial charge on any atom is 0.255 e. The molecule has 2 heterocycles. The molecule has 1 aliphatic rings. The Balaban J connectivity index is 1.75. The van der Waals surface area contributed by atoms with Crippen LogP contribution in [0.1, 0.15) is 32.1 Å². The molecule has 0 atom stereocenters. The predicted molar refractivity (Wildman–Crippen MR) is 88.7 cm³/mol. The van der Waals surface area contributed by atoms with Crippen molar-refractivity contribution in [1.82, 2.24) is 4.90 Å². The summed E-state index contributed by atoms with van der Waals surface area (Å²) in [7, 11) is 0. The molecular formula is C18H19NOS. The molecule has 1 aliphatic heterocycles. The minimum absolute atomic E-state index is 0.167. The Morgan fingerprint density at radius 1 is 1.19 bits per heavy atom. The Hall–Kier alpha value is -1.87. The van der Waals surface area contributed by atoms with Gasteiger partial charge < -0.3 is 4.90 Å². The van der Waals surface area contributed by atoms with E-state index in [-0.39, 0.29) is 5.91 Å². The van der Waals surface area contributed by atoms with E-state index >= 15 is 0 Å². The summed E-state index contributed by atoms with van der Waals surface area (Å²) >= 11 is 1.70. The summed E-state index contributed by atoms with van der Waals surface area (Å²) in [5, 5.41) is 0. The summed E-state index contributed by atoms with van der Waals surface area (Å²) < 4.78 is 0. The molecule has 1 aromatic carbocycles. The first-order valence-electron chi connectivity index (χ1n) is 7.26. The predicted octanol–water partition coefficient (Wildman–Crippen LogP) is 4.29. The summed E-state index contributed by atoms with van der Waals surface area (Å²) in [6, 6.07) is 12.4. The molecule has 0 unspecified atom stereocenters. The molecule has 0 fully saturated rings. The maximum absolute atomic E-state index is 12.6. The highest BCUT2D eigenvalue weighted by Gasteiger charge is 2.21. The van der Waals surface area contributed by atoms with E-state index in [0.717, 1.165) is 23.4 Å². The van der Waals surface area contributed by atoms with Crippen LogP contribution in [0.25, 0.3) is 5.57 Å². The summed E-state index contributed by atoms with van der Waals surface area (Å²) in [5.41, 5.74) is 3.49. The number of hydrogen-bond donors (Lipinski definition) is 0. The molecule has 108 valence electrons. The number of carbonyl (C=O) groups excluding carboxylic acids is 1. The summed E-state index contributed by atoms with van der Waals surface area (Å²) in [6.07, 6.45) is 3.11. The van der Waals surface area contributed by atoms with Crippen molar-refractivity contribution >= 4 is 22.8 Å². The van der Waals surface area contributed by atoms with E-state index in [1.54, 1.807) is 11.3 Å². The van der Waals surface area contributed by atoms with Crippen molar-refractivity contribution < 1.29 is 4.79 Å². The SMILES string of the molecule is Cc1cc(C(=O)N2CC=C(c3ccccc3)CC2)c(C)s1. The monoisotopic (exact) mass is 297 g/mol. The third-order valence-corrected chi connectivity index (χ3v) is 4.88. The molecule has 3 rings (SSSR count). The second-order valence-electron chi connectivity index (χ2n) is 5.42. The van der Waals surface area contributed by atoms with E-state index < -0.39 is 0 Å². The summed E-state index contributed by atoms with van der Waals surface area (Å²) in [5.74, 6) is 0.167. The lowest BCUT2D eigenvalue weighted by atomic mass is 9.99. The molecule has 2 nitrogen and oxygen atoms in total. The van der Waals surface area contributed by atoms with E-state index in [2.05, 4.69) is 37.3 Å². The molecule has 0 spiro atoms. The first-order chi connectivity index (χ1) is 10.1. The van der Waals surface area contributed by atoms with Crippen molar-refractivity contribution in [2.75, 3.05) is 13.1 Å². The average molecular weight is 297 g/mol. The Bertz CT molecular complexity index is 684. The maximum atomic E-state index is 12.6. The first kappa shape index (κ1) is 14.1. The highest BCUT2D eigenvalue weighted by molar-refractivity contribution is 7.12. The fourth-order valence-corrected chi connectivity index (χ4v) is 3.70. The van der Waals surface area contributed by atoms with Gasteiger partial charge in [0.2, 0.25) is 0 Å². The second kappa shape index (κ2) is 5.86. The van der Waals surface area contributed by atoms with Gasteiger partial charge in [0.15, 0.2) is 0 Å². The molecular weight excluding hydrogens is 278 g/mol. The van der Waals surface area contributed by atoms with Crippen LogP contribution in [0.15, 0.2) is 42.5 Å². The first-order valence-corrected chi connectivity index (χ1v) is 8.07. The van der Waals surface area contributed by atoms with Crippen molar-refractivity contribution in [1.29, 1.82) is 0 Å². The van der Waals surface area contributed by atoms with Gasteiger partial charge in [0.1, 0.15) is 0 Å². The third kappa shape index (κ3) is 2.93. The molecule has 2 aromatic rings. The van der Waals surface area contributed by atoms with Crippen LogP contribution in [0.4, 0.5) is 0 Å². The molecule has 0 aliphatic carbocycles. The van der Waals surface area contributed by atoms with Gasteiger partial charge in [0.25, 0.3) is 5.91 Å². The Kier molecular flexibility index (Phi) is 3.93. The van der Waals surface area contributed by atoms with Crippen LogP contribution in [0.2, 0.25) is 0 Å². The number of thiophene rings is 1. The van der Waals surface area contributed by atoms with Crippen LogP contribution in [0, 0.1) is 13.8 Å². The lowest BCUT2D eigenvalue weighted by molar-refractivity contribution is 0.0772. The fourth-order valence-electron chi connectivity index (χ4n) is 2.78. The summed E-state index contributed by atoms with van der Waals surface area (Å²) in [4.78, 5) is 16.8. The number of aryl methyl sites for hydroxylation is 2. The van der Waals surface area contributed by atoms with E-state index in [0.29, 0.717) is 6.54 Å². The molecule has 3 heteroatoms.